The molecule has 1 unspecified atom stereocenters. The number of nitrogens with zero attached hydrogens (tertiary/aromatic N) is 2. The van der Waals surface area contributed by atoms with Gasteiger partial charge < -0.3 is 24.4 Å². The molecule has 136 valence electrons. The van der Waals surface area contributed by atoms with Crippen LogP contribution in [-0.4, -0.2) is 78.7 Å². The van der Waals surface area contributed by atoms with Crippen molar-refractivity contribution in [3.63, 3.8) is 0 Å². The lowest BCUT2D eigenvalue weighted by atomic mass is 10.1. The van der Waals surface area contributed by atoms with Gasteiger partial charge in [-0.15, -0.1) is 0 Å². The number of para-hydroxylation sites is 1. The highest BCUT2D eigenvalue weighted by molar-refractivity contribution is 5.97. The molecule has 2 amide bonds. The fraction of sp³-hybridized carbons (Fsp3) is 0.471. The Morgan fingerprint density at radius 1 is 1.36 bits per heavy atom. The summed E-state index contributed by atoms with van der Waals surface area (Å²) >= 11 is 0. The molecule has 0 aromatic heterocycles. The highest BCUT2D eigenvalue weighted by atomic mass is 16.5. The van der Waals surface area contributed by atoms with E-state index in [9.17, 15) is 14.4 Å². The number of carboxylic acid groups (broad SMARTS) is 1. The SMILES string of the molecule is COc1ccccc1C(=O)N1CCOC(CN(CC(=O)O)C(C)=O)C1. The predicted molar refractivity (Wildman–Crippen MR) is 88.5 cm³/mol. The normalized spacial score (nSPS) is 17.0. The van der Waals surface area contributed by atoms with Crippen LogP contribution in [0.3, 0.4) is 0 Å². The fourth-order valence-corrected chi connectivity index (χ4v) is 2.72. The summed E-state index contributed by atoms with van der Waals surface area (Å²) < 4.78 is 10.8. The van der Waals surface area contributed by atoms with E-state index in [0.717, 1.165) is 0 Å². The lowest BCUT2D eigenvalue weighted by Gasteiger charge is -2.35. The zero-order valence-corrected chi connectivity index (χ0v) is 14.3. The Morgan fingerprint density at radius 3 is 2.72 bits per heavy atom. The van der Waals surface area contributed by atoms with E-state index in [4.69, 9.17) is 14.6 Å². The van der Waals surface area contributed by atoms with Gasteiger partial charge in [0.05, 0.1) is 25.4 Å². The van der Waals surface area contributed by atoms with Crippen LogP contribution in [0.5, 0.6) is 5.75 Å². The number of hydrogen-bond acceptors (Lipinski definition) is 5. The van der Waals surface area contributed by atoms with Gasteiger partial charge in [-0.25, -0.2) is 0 Å². The molecule has 8 nitrogen and oxygen atoms in total. The van der Waals surface area contributed by atoms with Crippen LogP contribution in [0.15, 0.2) is 24.3 Å². The monoisotopic (exact) mass is 350 g/mol. The Kier molecular flexibility index (Phi) is 6.35. The maximum Gasteiger partial charge on any atom is 0.323 e. The zero-order valence-electron chi connectivity index (χ0n) is 14.3. The Hall–Kier alpha value is -2.61. The van der Waals surface area contributed by atoms with Crippen LogP contribution in [0.25, 0.3) is 0 Å². The second-order valence-corrected chi connectivity index (χ2v) is 5.74. The van der Waals surface area contributed by atoms with E-state index in [1.165, 1.54) is 18.9 Å². The molecule has 0 saturated carbocycles. The topological polar surface area (TPSA) is 96.4 Å². The van der Waals surface area contributed by atoms with Crippen molar-refractivity contribution in [3.8, 4) is 5.75 Å². The Bertz CT molecular complexity index is 648. The van der Waals surface area contributed by atoms with E-state index in [1.807, 2.05) is 0 Å². The van der Waals surface area contributed by atoms with Gasteiger partial charge in [0.25, 0.3) is 5.91 Å². The fourth-order valence-electron chi connectivity index (χ4n) is 2.72. The van der Waals surface area contributed by atoms with Crippen LogP contribution in [-0.2, 0) is 14.3 Å². The average molecular weight is 350 g/mol. The molecule has 0 radical (unpaired) electrons. The summed E-state index contributed by atoms with van der Waals surface area (Å²) in [7, 11) is 1.50. The van der Waals surface area contributed by atoms with Crippen LogP contribution in [0.2, 0.25) is 0 Å². The molecule has 2 rings (SSSR count). The Balaban J connectivity index is 2.06. The summed E-state index contributed by atoms with van der Waals surface area (Å²) in [6.07, 6.45) is -0.435. The standard InChI is InChI=1S/C17H22N2O6/c1-12(20)19(11-16(21)22)10-13-9-18(7-8-25-13)17(23)14-5-3-4-6-15(14)24-2/h3-6,13H,7-11H2,1-2H3,(H,21,22). The van der Waals surface area contributed by atoms with Gasteiger partial charge in [0, 0.05) is 26.6 Å². The number of ether oxygens (including phenoxy) is 2. The molecule has 8 heteroatoms. The lowest BCUT2D eigenvalue weighted by Crippen LogP contribution is -2.51. The molecule has 1 aromatic rings. The number of benzene rings is 1. The lowest BCUT2D eigenvalue weighted by molar-refractivity contribution is -0.145. The van der Waals surface area contributed by atoms with Gasteiger partial charge >= 0.3 is 5.97 Å². The number of methoxy groups -OCH3 is 1. The van der Waals surface area contributed by atoms with E-state index >= 15 is 0 Å². The maximum absolute atomic E-state index is 12.7. The van der Waals surface area contributed by atoms with E-state index < -0.39 is 18.6 Å². The molecule has 1 aliphatic rings. The van der Waals surface area contributed by atoms with Gasteiger partial charge in [-0.3, -0.25) is 14.4 Å². The molecule has 1 fully saturated rings. The van der Waals surface area contributed by atoms with Gasteiger partial charge in [-0.2, -0.15) is 0 Å². The van der Waals surface area contributed by atoms with Crippen LogP contribution >= 0.6 is 0 Å². The molecule has 0 spiro atoms. The molecular formula is C17H22N2O6. The first-order valence-corrected chi connectivity index (χ1v) is 7.93. The molecule has 1 N–H and O–H groups in total. The van der Waals surface area contributed by atoms with Crippen molar-refractivity contribution in [1.29, 1.82) is 0 Å². The van der Waals surface area contributed by atoms with Crippen LogP contribution in [0, 0.1) is 0 Å². The number of carboxylic acids is 1. The third-order valence-corrected chi connectivity index (χ3v) is 3.96. The quantitative estimate of drug-likeness (QED) is 0.801. The van der Waals surface area contributed by atoms with Crippen molar-refractivity contribution in [2.24, 2.45) is 0 Å². The molecule has 1 atom stereocenters. The van der Waals surface area contributed by atoms with Gasteiger partial charge in [0.15, 0.2) is 0 Å². The summed E-state index contributed by atoms with van der Waals surface area (Å²) in [5.74, 6) is -1.13. The summed E-state index contributed by atoms with van der Waals surface area (Å²) in [6, 6.07) is 6.96. The Labute approximate surface area is 145 Å². The van der Waals surface area contributed by atoms with Gasteiger partial charge in [-0.1, -0.05) is 12.1 Å². The van der Waals surface area contributed by atoms with E-state index in [1.54, 1.807) is 29.2 Å². The first kappa shape index (κ1) is 18.7. The van der Waals surface area contributed by atoms with Crippen LogP contribution in [0.4, 0.5) is 0 Å². The van der Waals surface area contributed by atoms with E-state index in [0.29, 0.717) is 24.5 Å². The number of carbonyl (C=O) groups excluding carboxylic acids is 2. The number of rotatable bonds is 6. The molecule has 0 aliphatic carbocycles. The van der Waals surface area contributed by atoms with Crippen molar-refractivity contribution in [2.75, 3.05) is 39.9 Å². The van der Waals surface area contributed by atoms with Gasteiger partial charge in [0.2, 0.25) is 5.91 Å². The van der Waals surface area contributed by atoms with Crippen LogP contribution in [0.1, 0.15) is 17.3 Å². The summed E-state index contributed by atoms with van der Waals surface area (Å²) in [4.78, 5) is 38.0. The van der Waals surface area contributed by atoms with Crippen molar-refractivity contribution in [2.45, 2.75) is 13.0 Å². The largest absolute Gasteiger partial charge is 0.496 e. The third kappa shape index (κ3) is 4.93. The van der Waals surface area contributed by atoms with E-state index in [2.05, 4.69) is 0 Å². The summed E-state index contributed by atoms with van der Waals surface area (Å²) in [5, 5.41) is 8.90. The van der Waals surface area contributed by atoms with Gasteiger partial charge in [0.1, 0.15) is 12.3 Å². The number of amides is 2. The number of morpholine rings is 1. The summed E-state index contributed by atoms with van der Waals surface area (Å²) in [5.41, 5.74) is 0.458. The molecule has 1 aliphatic heterocycles. The second-order valence-electron chi connectivity index (χ2n) is 5.74. The average Bonchev–Trinajstić information content (AvgIpc) is 2.60. The molecule has 0 bridgehead atoms. The minimum atomic E-state index is -1.09. The number of carbonyl (C=O) groups is 3. The Morgan fingerprint density at radius 2 is 2.08 bits per heavy atom. The minimum Gasteiger partial charge on any atom is -0.496 e. The summed E-state index contributed by atoms with van der Waals surface area (Å²) in [6.45, 7) is 2.06. The van der Waals surface area contributed by atoms with E-state index in [-0.39, 0.29) is 24.9 Å². The molecule has 1 saturated heterocycles. The molecule has 1 aromatic carbocycles. The van der Waals surface area contributed by atoms with Gasteiger partial charge in [-0.05, 0) is 12.1 Å². The minimum absolute atomic E-state index is 0.122. The molecule has 25 heavy (non-hydrogen) atoms. The number of hydrogen-bond donors (Lipinski definition) is 1. The predicted octanol–water partition coefficient (Wildman–Crippen LogP) is 0.469. The second kappa shape index (κ2) is 8.48. The van der Waals surface area contributed by atoms with Crippen molar-refractivity contribution in [1.82, 2.24) is 9.80 Å². The number of aliphatic carboxylic acids is 1. The smallest absolute Gasteiger partial charge is 0.323 e. The maximum atomic E-state index is 12.7. The van der Waals surface area contributed by atoms with Crippen molar-refractivity contribution >= 4 is 17.8 Å². The highest BCUT2D eigenvalue weighted by Crippen LogP contribution is 2.20. The molecule has 1 heterocycles. The van der Waals surface area contributed by atoms with Crippen molar-refractivity contribution in [3.05, 3.63) is 29.8 Å². The highest BCUT2D eigenvalue weighted by Gasteiger charge is 2.29. The first-order valence-electron chi connectivity index (χ1n) is 7.93. The van der Waals surface area contributed by atoms with Crippen molar-refractivity contribution < 1.29 is 29.0 Å². The zero-order chi connectivity index (χ0) is 18.4. The van der Waals surface area contributed by atoms with Crippen LogP contribution < -0.4 is 4.74 Å². The molecular weight excluding hydrogens is 328 g/mol. The third-order valence-electron chi connectivity index (χ3n) is 3.96. The first-order chi connectivity index (χ1) is 11.9.